The molecule has 0 radical (unpaired) electrons. The van der Waals surface area contributed by atoms with Crippen LogP contribution in [0.2, 0.25) is 0 Å². The number of nitrogens with one attached hydrogen (secondary N) is 1. The van der Waals surface area contributed by atoms with Gasteiger partial charge < -0.3 is 9.88 Å². The molecule has 4 nitrogen and oxygen atoms in total. The lowest BCUT2D eigenvalue weighted by Crippen LogP contribution is -2.33. The fraction of sp³-hybridized carbons (Fsp3) is 0.400. The van der Waals surface area contributed by atoms with E-state index in [4.69, 9.17) is 0 Å². The summed E-state index contributed by atoms with van der Waals surface area (Å²) in [5, 5.41) is 0. The van der Waals surface area contributed by atoms with E-state index in [1.807, 2.05) is 36.9 Å². The normalized spacial score (nSPS) is 13.7. The minimum absolute atomic E-state index is 0.00636. The molecule has 1 aliphatic carbocycles. The van der Waals surface area contributed by atoms with E-state index in [1.165, 1.54) is 5.56 Å². The van der Waals surface area contributed by atoms with E-state index in [1.54, 1.807) is 0 Å². The van der Waals surface area contributed by atoms with Crippen molar-refractivity contribution in [2.24, 2.45) is 0 Å². The van der Waals surface area contributed by atoms with Crippen molar-refractivity contribution in [1.82, 2.24) is 9.88 Å². The molecule has 0 spiro atoms. The number of H-pyrrole nitrogens is 1. The summed E-state index contributed by atoms with van der Waals surface area (Å²) < 4.78 is 0. The fourth-order valence-electron chi connectivity index (χ4n) is 3.46. The largest absolute Gasteiger partial charge is 0.354 e. The zero-order valence-corrected chi connectivity index (χ0v) is 14.4. The van der Waals surface area contributed by atoms with E-state index < -0.39 is 0 Å². The lowest BCUT2D eigenvalue weighted by atomic mass is 9.94. The number of hydrogen-bond acceptors (Lipinski definition) is 2. The Morgan fingerprint density at radius 2 is 1.96 bits per heavy atom. The Morgan fingerprint density at radius 1 is 1.21 bits per heavy atom. The summed E-state index contributed by atoms with van der Waals surface area (Å²) in [5.41, 5.74) is 4.32. The maximum atomic E-state index is 12.9. The van der Waals surface area contributed by atoms with E-state index in [0.29, 0.717) is 25.2 Å². The highest BCUT2D eigenvalue weighted by Crippen LogP contribution is 2.27. The number of aryl methyl sites for hydroxylation is 1. The van der Waals surface area contributed by atoms with Gasteiger partial charge in [-0.1, -0.05) is 30.3 Å². The topological polar surface area (TPSA) is 53.2 Å². The number of aromatic nitrogens is 1. The second kappa shape index (κ2) is 7.04. The smallest absolute Gasteiger partial charge is 0.270 e. The van der Waals surface area contributed by atoms with Crippen molar-refractivity contribution in [3.05, 3.63) is 58.4 Å². The Kier molecular flexibility index (Phi) is 4.84. The molecule has 1 N–H and O–H groups in total. The van der Waals surface area contributed by atoms with Gasteiger partial charge in [0, 0.05) is 30.8 Å². The number of ketones is 1. The second-order valence-corrected chi connectivity index (χ2v) is 6.38. The molecule has 1 amide bonds. The Balaban J connectivity index is 1.78. The van der Waals surface area contributed by atoms with Crippen molar-refractivity contribution in [3.8, 4) is 0 Å². The third-order valence-corrected chi connectivity index (χ3v) is 4.83. The third kappa shape index (κ3) is 3.14. The Morgan fingerprint density at radius 3 is 2.62 bits per heavy atom. The first-order valence-electron chi connectivity index (χ1n) is 8.69. The van der Waals surface area contributed by atoms with Crippen LogP contribution in [0.1, 0.15) is 57.4 Å². The number of rotatable bonds is 5. The predicted octanol–water partition coefficient (Wildman–Crippen LogP) is 3.55. The molecule has 1 aromatic carbocycles. The van der Waals surface area contributed by atoms with Gasteiger partial charge in [0.25, 0.3) is 5.91 Å². The summed E-state index contributed by atoms with van der Waals surface area (Å²) in [6.07, 6.45) is 3.14. The zero-order valence-electron chi connectivity index (χ0n) is 14.4. The SMILES string of the molecule is CCN(CCc1ccccc1)C(=O)c1[nH]c2c(c1C)C(=O)CCC2. The summed E-state index contributed by atoms with van der Waals surface area (Å²) in [7, 11) is 0. The molecular formula is C20H24N2O2. The average molecular weight is 324 g/mol. The molecular weight excluding hydrogens is 300 g/mol. The average Bonchev–Trinajstić information content (AvgIpc) is 2.94. The van der Waals surface area contributed by atoms with Crippen LogP contribution in [0, 0.1) is 6.92 Å². The molecule has 0 unspecified atom stereocenters. The van der Waals surface area contributed by atoms with Crippen LogP contribution in [0.4, 0.5) is 0 Å². The number of nitrogens with zero attached hydrogens (tertiary/aromatic N) is 1. The molecule has 0 aliphatic heterocycles. The van der Waals surface area contributed by atoms with Crippen LogP contribution in [0.5, 0.6) is 0 Å². The van der Waals surface area contributed by atoms with Gasteiger partial charge in [-0.15, -0.1) is 0 Å². The molecule has 4 heteroatoms. The van der Waals surface area contributed by atoms with Gasteiger partial charge in [0.15, 0.2) is 5.78 Å². The zero-order chi connectivity index (χ0) is 17.1. The van der Waals surface area contributed by atoms with E-state index in [0.717, 1.165) is 36.1 Å². The summed E-state index contributed by atoms with van der Waals surface area (Å²) in [4.78, 5) is 30.2. The highest BCUT2D eigenvalue weighted by molar-refractivity contribution is 6.04. The van der Waals surface area contributed by atoms with Gasteiger partial charge in [-0.2, -0.15) is 0 Å². The molecule has 1 aromatic heterocycles. The Labute approximate surface area is 142 Å². The summed E-state index contributed by atoms with van der Waals surface area (Å²) in [6, 6.07) is 10.2. The van der Waals surface area contributed by atoms with Crippen molar-refractivity contribution in [2.45, 2.75) is 39.5 Å². The molecule has 0 saturated heterocycles. The summed E-state index contributed by atoms with van der Waals surface area (Å²) in [6.45, 7) is 5.21. The number of carbonyl (C=O) groups excluding carboxylic acids is 2. The van der Waals surface area contributed by atoms with Crippen molar-refractivity contribution in [3.63, 3.8) is 0 Å². The summed E-state index contributed by atoms with van der Waals surface area (Å²) >= 11 is 0. The molecule has 2 aromatic rings. The van der Waals surface area contributed by atoms with Gasteiger partial charge in [-0.25, -0.2) is 0 Å². The molecule has 0 atom stereocenters. The number of aromatic amines is 1. The van der Waals surface area contributed by atoms with Gasteiger partial charge in [-0.05, 0) is 44.2 Å². The number of carbonyl (C=O) groups is 2. The van der Waals surface area contributed by atoms with Crippen molar-refractivity contribution in [2.75, 3.05) is 13.1 Å². The maximum absolute atomic E-state index is 12.9. The number of Topliss-reactive ketones (excluding diaryl/α,β-unsaturated/α-hetero) is 1. The van der Waals surface area contributed by atoms with Gasteiger partial charge >= 0.3 is 0 Å². The standard InChI is InChI=1S/C20H24N2O2/c1-3-22(13-12-15-8-5-4-6-9-15)20(24)19-14(2)18-16(21-19)10-7-11-17(18)23/h4-6,8-9,21H,3,7,10-13H2,1-2H3. The van der Waals surface area contributed by atoms with Gasteiger partial charge in [0.05, 0.1) is 0 Å². The van der Waals surface area contributed by atoms with Crippen molar-refractivity contribution >= 4 is 11.7 Å². The lowest BCUT2D eigenvalue weighted by Gasteiger charge is -2.20. The van der Waals surface area contributed by atoms with Crippen LogP contribution >= 0.6 is 0 Å². The minimum atomic E-state index is -0.00636. The van der Waals surface area contributed by atoms with Crippen LogP contribution in [0.3, 0.4) is 0 Å². The Bertz CT molecular complexity index is 746. The number of benzene rings is 1. The van der Waals surface area contributed by atoms with E-state index in [2.05, 4.69) is 17.1 Å². The first kappa shape index (κ1) is 16.5. The minimum Gasteiger partial charge on any atom is -0.354 e. The lowest BCUT2D eigenvalue weighted by molar-refractivity contribution is 0.0760. The van der Waals surface area contributed by atoms with Crippen LogP contribution < -0.4 is 0 Å². The number of fused-ring (bicyclic) bond motifs is 1. The maximum Gasteiger partial charge on any atom is 0.270 e. The van der Waals surface area contributed by atoms with Gasteiger partial charge in [0.1, 0.15) is 5.69 Å². The highest BCUT2D eigenvalue weighted by atomic mass is 16.2. The molecule has 0 saturated carbocycles. The van der Waals surface area contributed by atoms with Crippen LogP contribution in [-0.2, 0) is 12.8 Å². The number of amides is 1. The highest BCUT2D eigenvalue weighted by Gasteiger charge is 2.27. The molecule has 0 fully saturated rings. The first-order valence-corrected chi connectivity index (χ1v) is 8.69. The second-order valence-electron chi connectivity index (χ2n) is 6.38. The van der Waals surface area contributed by atoms with Gasteiger partial charge in [0.2, 0.25) is 0 Å². The Hall–Kier alpha value is -2.36. The number of hydrogen-bond donors (Lipinski definition) is 1. The first-order chi connectivity index (χ1) is 11.6. The summed E-state index contributed by atoms with van der Waals surface area (Å²) in [5.74, 6) is 0.157. The molecule has 0 bridgehead atoms. The monoisotopic (exact) mass is 324 g/mol. The molecule has 1 aliphatic rings. The molecule has 126 valence electrons. The fourth-order valence-corrected chi connectivity index (χ4v) is 3.46. The van der Waals surface area contributed by atoms with Gasteiger partial charge in [-0.3, -0.25) is 9.59 Å². The van der Waals surface area contributed by atoms with E-state index in [-0.39, 0.29) is 11.7 Å². The van der Waals surface area contributed by atoms with Crippen molar-refractivity contribution < 1.29 is 9.59 Å². The predicted molar refractivity (Wildman–Crippen MR) is 94.5 cm³/mol. The molecule has 24 heavy (non-hydrogen) atoms. The van der Waals surface area contributed by atoms with E-state index in [9.17, 15) is 9.59 Å². The van der Waals surface area contributed by atoms with E-state index >= 15 is 0 Å². The molecule has 1 heterocycles. The van der Waals surface area contributed by atoms with Crippen molar-refractivity contribution in [1.29, 1.82) is 0 Å². The quantitative estimate of drug-likeness (QED) is 0.914. The van der Waals surface area contributed by atoms with Crippen LogP contribution in [-0.4, -0.2) is 34.7 Å². The molecule has 3 rings (SSSR count). The number of likely N-dealkylation sites (N-methyl/N-ethyl adjacent to an activating group) is 1. The third-order valence-electron chi connectivity index (χ3n) is 4.83. The van der Waals surface area contributed by atoms with Crippen LogP contribution in [0.15, 0.2) is 30.3 Å². The van der Waals surface area contributed by atoms with Crippen LogP contribution in [0.25, 0.3) is 0 Å².